The van der Waals surface area contributed by atoms with Gasteiger partial charge in [0, 0.05) is 18.7 Å². The molecular weight excluding hydrogens is 371 g/mol. The summed E-state index contributed by atoms with van der Waals surface area (Å²) in [6, 6.07) is 15.9. The number of amides is 2. The lowest BCUT2D eigenvalue weighted by atomic mass is 10.1. The SMILES string of the molecule is Cc1ccc(C(=O)N2CCn3nc(C(=O)NCc4ccccc4)cc3C2)cc1F. The molecule has 7 heteroatoms. The predicted molar refractivity (Wildman–Crippen MR) is 106 cm³/mol. The number of nitrogens with zero attached hydrogens (tertiary/aromatic N) is 3. The molecule has 0 bridgehead atoms. The van der Waals surface area contributed by atoms with Gasteiger partial charge in [-0.15, -0.1) is 0 Å². The number of benzene rings is 2. The number of carbonyl (C=O) groups excluding carboxylic acids is 2. The average Bonchev–Trinajstić information content (AvgIpc) is 3.17. The highest BCUT2D eigenvalue weighted by Gasteiger charge is 2.25. The fraction of sp³-hybridized carbons (Fsp3) is 0.227. The lowest BCUT2D eigenvalue weighted by Gasteiger charge is -2.27. The first-order valence-electron chi connectivity index (χ1n) is 9.45. The van der Waals surface area contributed by atoms with E-state index < -0.39 is 5.82 Å². The van der Waals surface area contributed by atoms with Crippen LogP contribution in [0.15, 0.2) is 54.6 Å². The summed E-state index contributed by atoms with van der Waals surface area (Å²) in [5, 5.41) is 7.22. The fourth-order valence-corrected chi connectivity index (χ4v) is 3.33. The second kappa shape index (κ2) is 7.87. The first kappa shape index (κ1) is 18.9. The van der Waals surface area contributed by atoms with E-state index in [1.807, 2.05) is 30.3 Å². The molecule has 1 aromatic heterocycles. The van der Waals surface area contributed by atoms with Crippen LogP contribution in [0.1, 0.15) is 37.7 Å². The summed E-state index contributed by atoms with van der Waals surface area (Å²) in [7, 11) is 0. The largest absolute Gasteiger partial charge is 0.347 e. The first-order chi connectivity index (χ1) is 14.0. The van der Waals surface area contributed by atoms with E-state index in [1.165, 1.54) is 6.07 Å². The van der Waals surface area contributed by atoms with Gasteiger partial charge in [0.05, 0.1) is 18.8 Å². The maximum atomic E-state index is 13.8. The van der Waals surface area contributed by atoms with Crippen molar-refractivity contribution in [2.45, 2.75) is 26.6 Å². The lowest BCUT2D eigenvalue weighted by molar-refractivity contribution is 0.0705. The molecule has 0 saturated heterocycles. The van der Waals surface area contributed by atoms with Crippen molar-refractivity contribution in [2.75, 3.05) is 6.54 Å². The zero-order valence-electron chi connectivity index (χ0n) is 16.1. The van der Waals surface area contributed by atoms with E-state index in [0.29, 0.717) is 43.0 Å². The highest BCUT2D eigenvalue weighted by molar-refractivity contribution is 5.94. The van der Waals surface area contributed by atoms with Crippen LogP contribution >= 0.6 is 0 Å². The van der Waals surface area contributed by atoms with Crippen molar-refractivity contribution < 1.29 is 14.0 Å². The van der Waals surface area contributed by atoms with E-state index in [4.69, 9.17) is 0 Å². The van der Waals surface area contributed by atoms with Crippen molar-refractivity contribution in [3.8, 4) is 0 Å². The van der Waals surface area contributed by atoms with Gasteiger partial charge in [-0.3, -0.25) is 14.3 Å². The third kappa shape index (κ3) is 4.03. The van der Waals surface area contributed by atoms with Crippen LogP contribution in [-0.2, 0) is 19.6 Å². The van der Waals surface area contributed by atoms with Crippen LogP contribution in [0.25, 0.3) is 0 Å². The fourth-order valence-electron chi connectivity index (χ4n) is 3.33. The molecular formula is C22H21FN4O2. The first-order valence-corrected chi connectivity index (χ1v) is 9.45. The van der Waals surface area contributed by atoms with Gasteiger partial charge < -0.3 is 10.2 Å². The molecule has 0 aliphatic carbocycles. The quantitative estimate of drug-likeness (QED) is 0.742. The third-order valence-electron chi connectivity index (χ3n) is 5.03. The van der Waals surface area contributed by atoms with Crippen molar-refractivity contribution in [3.63, 3.8) is 0 Å². The Labute approximate surface area is 167 Å². The van der Waals surface area contributed by atoms with Crippen molar-refractivity contribution in [1.29, 1.82) is 0 Å². The minimum Gasteiger partial charge on any atom is -0.347 e. The molecule has 0 saturated carbocycles. The number of aryl methyl sites for hydroxylation is 1. The van der Waals surface area contributed by atoms with E-state index in [1.54, 1.807) is 34.7 Å². The molecule has 0 radical (unpaired) electrons. The number of nitrogens with one attached hydrogen (secondary N) is 1. The second-order valence-electron chi connectivity index (χ2n) is 7.10. The summed E-state index contributed by atoms with van der Waals surface area (Å²) in [5.41, 5.74) is 2.94. The Hall–Kier alpha value is -3.48. The van der Waals surface area contributed by atoms with E-state index in [2.05, 4.69) is 10.4 Å². The van der Waals surface area contributed by atoms with Gasteiger partial charge in [-0.25, -0.2) is 4.39 Å². The summed E-state index contributed by atoms with van der Waals surface area (Å²) in [6.07, 6.45) is 0. The number of rotatable bonds is 4. The van der Waals surface area contributed by atoms with Crippen LogP contribution in [-0.4, -0.2) is 33.0 Å². The van der Waals surface area contributed by atoms with Crippen LogP contribution in [0, 0.1) is 12.7 Å². The summed E-state index contributed by atoms with van der Waals surface area (Å²) in [6.45, 7) is 3.35. The molecule has 1 N–H and O–H groups in total. The maximum absolute atomic E-state index is 13.8. The number of hydrogen-bond donors (Lipinski definition) is 1. The van der Waals surface area contributed by atoms with Crippen LogP contribution in [0.3, 0.4) is 0 Å². The van der Waals surface area contributed by atoms with E-state index in [-0.39, 0.29) is 11.8 Å². The van der Waals surface area contributed by atoms with Gasteiger partial charge in [0.25, 0.3) is 11.8 Å². The van der Waals surface area contributed by atoms with Gasteiger partial charge in [-0.05, 0) is 36.2 Å². The van der Waals surface area contributed by atoms with Gasteiger partial charge in [0.2, 0.25) is 0 Å². The van der Waals surface area contributed by atoms with Gasteiger partial charge in [-0.2, -0.15) is 5.10 Å². The molecule has 0 atom stereocenters. The Bertz CT molecular complexity index is 1060. The van der Waals surface area contributed by atoms with Crippen molar-refractivity contribution in [2.24, 2.45) is 0 Å². The molecule has 2 heterocycles. The second-order valence-corrected chi connectivity index (χ2v) is 7.10. The van der Waals surface area contributed by atoms with Gasteiger partial charge in [0.15, 0.2) is 5.69 Å². The Morgan fingerprint density at radius 3 is 2.66 bits per heavy atom. The summed E-state index contributed by atoms with van der Waals surface area (Å²) < 4.78 is 15.6. The normalized spacial score (nSPS) is 13.1. The number of carbonyl (C=O) groups is 2. The molecule has 4 rings (SSSR count). The van der Waals surface area contributed by atoms with Gasteiger partial charge in [-0.1, -0.05) is 36.4 Å². The highest BCUT2D eigenvalue weighted by Crippen LogP contribution is 2.18. The Balaban J connectivity index is 1.43. The Morgan fingerprint density at radius 2 is 1.90 bits per heavy atom. The van der Waals surface area contributed by atoms with Crippen LogP contribution < -0.4 is 5.32 Å². The molecule has 148 valence electrons. The number of halogens is 1. The molecule has 0 spiro atoms. The Morgan fingerprint density at radius 1 is 1.10 bits per heavy atom. The predicted octanol–water partition coefficient (Wildman–Crippen LogP) is 2.92. The molecule has 29 heavy (non-hydrogen) atoms. The molecule has 0 unspecified atom stereocenters. The molecule has 2 amide bonds. The molecule has 2 aromatic carbocycles. The summed E-state index contributed by atoms with van der Waals surface area (Å²) in [5.74, 6) is -0.879. The number of fused-ring (bicyclic) bond motifs is 1. The smallest absolute Gasteiger partial charge is 0.272 e. The number of hydrogen-bond acceptors (Lipinski definition) is 3. The standard InChI is InChI=1S/C22H21FN4O2/c1-15-7-8-17(11-19(15)23)22(29)26-9-10-27-18(14-26)12-20(25-27)21(28)24-13-16-5-3-2-4-6-16/h2-8,11-12H,9-10,13-14H2,1H3,(H,24,28). The van der Waals surface area contributed by atoms with Gasteiger partial charge >= 0.3 is 0 Å². The van der Waals surface area contributed by atoms with Crippen LogP contribution in [0.5, 0.6) is 0 Å². The molecule has 1 aliphatic rings. The zero-order chi connectivity index (χ0) is 20.4. The maximum Gasteiger partial charge on any atom is 0.272 e. The van der Waals surface area contributed by atoms with Crippen molar-refractivity contribution in [3.05, 3.63) is 88.5 Å². The average molecular weight is 392 g/mol. The van der Waals surface area contributed by atoms with Crippen LogP contribution in [0.4, 0.5) is 4.39 Å². The van der Waals surface area contributed by atoms with Crippen molar-refractivity contribution in [1.82, 2.24) is 20.0 Å². The summed E-state index contributed by atoms with van der Waals surface area (Å²) >= 11 is 0. The molecule has 6 nitrogen and oxygen atoms in total. The van der Waals surface area contributed by atoms with E-state index in [9.17, 15) is 14.0 Å². The van der Waals surface area contributed by atoms with E-state index in [0.717, 1.165) is 11.3 Å². The summed E-state index contributed by atoms with van der Waals surface area (Å²) in [4.78, 5) is 26.8. The highest BCUT2D eigenvalue weighted by atomic mass is 19.1. The lowest BCUT2D eigenvalue weighted by Crippen LogP contribution is -2.38. The molecule has 1 aliphatic heterocycles. The van der Waals surface area contributed by atoms with E-state index >= 15 is 0 Å². The number of aromatic nitrogens is 2. The minimum absolute atomic E-state index is 0.230. The molecule has 3 aromatic rings. The monoisotopic (exact) mass is 392 g/mol. The molecule has 0 fully saturated rings. The third-order valence-corrected chi connectivity index (χ3v) is 5.03. The minimum atomic E-state index is -0.393. The zero-order valence-corrected chi connectivity index (χ0v) is 16.1. The topological polar surface area (TPSA) is 67.2 Å². The van der Waals surface area contributed by atoms with Crippen molar-refractivity contribution >= 4 is 11.8 Å². The van der Waals surface area contributed by atoms with Gasteiger partial charge in [0.1, 0.15) is 5.82 Å². The Kier molecular flexibility index (Phi) is 5.12. The van der Waals surface area contributed by atoms with Crippen LogP contribution in [0.2, 0.25) is 0 Å².